The summed E-state index contributed by atoms with van der Waals surface area (Å²) in [4.78, 5) is 12.4. The normalized spacial score (nSPS) is 10.7. The van der Waals surface area contributed by atoms with Gasteiger partial charge in [-0.1, -0.05) is 30.0 Å². The second-order valence-electron chi connectivity index (χ2n) is 3.72. The molecular formula is C12H7N3O2S2. The maximum atomic E-state index is 10.9. The number of non-ortho nitro benzene ring substituents is 1. The lowest BCUT2D eigenvalue weighted by Crippen LogP contribution is -1.90. The van der Waals surface area contributed by atoms with Crippen molar-refractivity contribution in [2.75, 3.05) is 0 Å². The van der Waals surface area contributed by atoms with Crippen molar-refractivity contribution in [1.29, 1.82) is 0 Å². The van der Waals surface area contributed by atoms with Gasteiger partial charge in [0.05, 0.1) is 16.7 Å². The van der Waals surface area contributed by atoms with Gasteiger partial charge in [0, 0.05) is 15.9 Å². The van der Waals surface area contributed by atoms with E-state index in [0.29, 0.717) is 11.0 Å². The van der Waals surface area contributed by atoms with Crippen LogP contribution in [-0.2, 0) is 0 Å². The van der Waals surface area contributed by atoms with Crippen molar-refractivity contribution in [1.82, 2.24) is 8.75 Å². The van der Waals surface area contributed by atoms with Crippen molar-refractivity contribution in [3.63, 3.8) is 0 Å². The molecule has 3 aromatic rings. The van der Waals surface area contributed by atoms with Gasteiger partial charge in [-0.3, -0.25) is 10.1 Å². The number of benzene rings is 2. The Bertz CT molecular complexity index is 743. The molecule has 0 saturated heterocycles. The molecule has 94 valence electrons. The summed E-state index contributed by atoms with van der Waals surface area (Å²) < 4.78 is 8.18. The Hall–Kier alpha value is -1.99. The summed E-state index contributed by atoms with van der Waals surface area (Å²) >= 11 is 2.52. The van der Waals surface area contributed by atoms with Gasteiger partial charge in [0.25, 0.3) is 5.69 Å². The Morgan fingerprint density at radius 2 is 1.79 bits per heavy atom. The molecule has 19 heavy (non-hydrogen) atoms. The van der Waals surface area contributed by atoms with E-state index in [-0.39, 0.29) is 5.69 Å². The lowest BCUT2D eigenvalue weighted by atomic mass is 10.3. The molecule has 0 bridgehead atoms. The van der Waals surface area contributed by atoms with E-state index in [0.717, 1.165) is 21.5 Å². The van der Waals surface area contributed by atoms with Gasteiger partial charge in [-0.25, -0.2) is 0 Å². The number of nitro benzene ring substituents is 1. The first-order valence-corrected chi connectivity index (χ1v) is 6.93. The van der Waals surface area contributed by atoms with Gasteiger partial charge in [-0.2, -0.15) is 8.75 Å². The number of nitrogens with zero attached hydrogens (tertiary/aromatic N) is 3. The van der Waals surface area contributed by atoms with Gasteiger partial charge < -0.3 is 0 Å². The second kappa shape index (κ2) is 4.94. The summed E-state index contributed by atoms with van der Waals surface area (Å²) in [7, 11) is 0. The number of hydrogen-bond acceptors (Lipinski definition) is 6. The molecule has 2 aromatic carbocycles. The van der Waals surface area contributed by atoms with E-state index in [9.17, 15) is 10.1 Å². The minimum atomic E-state index is -0.430. The van der Waals surface area contributed by atoms with Crippen LogP contribution < -0.4 is 0 Å². The molecule has 0 amide bonds. The number of hydrogen-bond donors (Lipinski definition) is 0. The zero-order valence-electron chi connectivity index (χ0n) is 9.52. The van der Waals surface area contributed by atoms with Crippen molar-refractivity contribution in [2.45, 2.75) is 9.79 Å². The summed E-state index contributed by atoms with van der Waals surface area (Å²) in [6.07, 6.45) is 0. The Morgan fingerprint density at radius 1 is 1.05 bits per heavy atom. The largest absolute Gasteiger partial charge is 0.298 e. The molecule has 0 fully saturated rings. The van der Waals surface area contributed by atoms with Crippen LogP contribution in [-0.4, -0.2) is 13.7 Å². The molecule has 0 spiro atoms. The highest BCUT2D eigenvalue weighted by molar-refractivity contribution is 7.99. The molecule has 0 atom stereocenters. The highest BCUT2D eigenvalue weighted by Gasteiger charge is 2.18. The van der Waals surface area contributed by atoms with E-state index in [1.54, 1.807) is 6.07 Å². The van der Waals surface area contributed by atoms with Crippen LogP contribution in [0, 0.1) is 10.1 Å². The van der Waals surface area contributed by atoms with Crippen molar-refractivity contribution < 1.29 is 4.92 Å². The number of aromatic nitrogens is 2. The molecule has 0 unspecified atom stereocenters. The summed E-state index contributed by atoms with van der Waals surface area (Å²) in [5.41, 5.74) is 0.949. The molecule has 0 N–H and O–H groups in total. The summed E-state index contributed by atoms with van der Waals surface area (Å²) in [6, 6.07) is 13.0. The quantitative estimate of drug-likeness (QED) is 0.542. The first-order chi connectivity index (χ1) is 9.25. The first kappa shape index (κ1) is 12.1. The number of rotatable bonds is 3. The maximum Gasteiger partial charge on any atom is 0.298 e. The van der Waals surface area contributed by atoms with Crippen LogP contribution in [0.2, 0.25) is 0 Å². The third-order valence-electron chi connectivity index (χ3n) is 2.52. The average molecular weight is 289 g/mol. The lowest BCUT2D eigenvalue weighted by molar-refractivity contribution is -0.383. The fourth-order valence-corrected chi connectivity index (χ4v) is 3.22. The topological polar surface area (TPSA) is 68.9 Å². The summed E-state index contributed by atoms with van der Waals surface area (Å²) in [6.45, 7) is 0. The van der Waals surface area contributed by atoms with Gasteiger partial charge in [-0.15, -0.1) is 0 Å². The van der Waals surface area contributed by atoms with E-state index < -0.39 is 4.92 Å². The highest BCUT2D eigenvalue weighted by atomic mass is 32.2. The van der Waals surface area contributed by atoms with Crippen molar-refractivity contribution >= 4 is 40.2 Å². The van der Waals surface area contributed by atoms with Crippen molar-refractivity contribution in [2.24, 2.45) is 0 Å². The Morgan fingerprint density at radius 3 is 2.53 bits per heavy atom. The Kier molecular flexibility index (Phi) is 3.14. The average Bonchev–Trinajstić information content (AvgIpc) is 2.89. The van der Waals surface area contributed by atoms with Gasteiger partial charge >= 0.3 is 0 Å². The fourth-order valence-electron chi connectivity index (χ4n) is 1.68. The van der Waals surface area contributed by atoms with Crippen LogP contribution in [0.3, 0.4) is 0 Å². The predicted octanol–water partition coefficient (Wildman–Crippen LogP) is 3.75. The van der Waals surface area contributed by atoms with E-state index in [1.165, 1.54) is 17.8 Å². The minimum absolute atomic E-state index is 0.00108. The smallest absolute Gasteiger partial charge is 0.258 e. The van der Waals surface area contributed by atoms with Crippen LogP contribution in [0.15, 0.2) is 52.3 Å². The zero-order valence-corrected chi connectivity index (χ0v) is 11.1. The maximum absolute atomic E-state index is 10.9. The summed E-state index contributed by atoms with van der Waals surface area (Å²) in [5.74, 6) is 0. The molecule has 7 heteroatoms. The van der Waals surface area contributed by atoms with E-state index in [1.807, 2.05) is 30.3 Å². The molecule has 0 saturated carbocycles. The third-order valence-corrected chi connectivity index (χ3v) is 4.11. The fraction of sp³-hybridized carbons (Fsp3) is 0. The minimum Gasteiger partial charge on any atom is -0.258 e. The number of fused-ring (bicyclic) bond motifs is 1. The summed E-state index contributed by atoms with van der Waals surface area (Å²) in [5, 5.41) is 10.9. The molecular weight excluding hydrogens is 282 g/mol. The zero-order chi connectivity index (χ0) is 13.2. The van der Waals surface area contributed by atoms with Crippen molar-refractivity contribution in [3.8, 4) is 0 Å². The monoisotopic (exact) mass is 289 g/mol. The predicted molar refractivity (Wildman–Crippen MR) is 74.6 cm³/mol. The molecule has 0 radical (unpaired) electrons. The number of nitro groups is 1. The van der Waals surface area contributed by atoms with Crippen molar-refractivity contribution in [3.05, 3.63) is 52.6 Å². The lowest BCUT2D eigenvalue weighted by Gasteiger charge is -2.02. The van der Waals surface area contributed by atoms with Gasteiger partial charge in [-0.05, 0) is 18.2 Å². The van der Waals surface area contributed by atoms with Gasteiger partial charge in [0.1, 0.15) is 5.52 Å². The molecule has 0 aliphatic heterocycles. The van der Waals surface area contributed by atoms with Crippen LogP contribution in [0.4, 0.5) is 5.69 Å². The SMILES string of the molecule is O=[N+]([O-])c1ccc(Sc2ccccc2)c2nsnc12. The molecule has 0 aliphatic carbocycles. The highest BCUT2D eigenvalue weighted by Crippen LogP contribution is 2.36. The molecule has 5 nitrogen and oxygen atoms in total. The van der Waals surface area contributed by atoms with Crippen LogP contribution in [0.25, 0.3) is 11.0 Å². The third kappa shape index (κ3) is 2.29. The van der Waals surface area contributed by atoms with Gasteiger partial charge in [0.2, 0.25) is 0 Å². The van der Waals surface area contributed by atoms with Crippen LogP contribution in [0.5, 0.6) is 0 Å². The molecule has 0 aliphatic rings. The first-order valence-electron chi connectivity index (χ1n) is 5.38. The standard InChI is InChI=1S/C12H7N3O2S2/c16-15(17)9-6-7-10(12-11(9)13-19-14-12)18-8-4-2-1-3-5-8/h1-7H. The van der Waals surface area contributed by atoms with Crippen LogP contribution in [0.1, 0.15) is 0 Å². The van der Waals surface area contributed by atoms with Gasteiger partial charge in [0.15, 0.2) is 5.52 Å². The molecule has 1 aromatic heterocycles. The van der Waals surface area contributed by atoms with Crippen LogP contribution >= 0.6 is 23.5 Å². The van der Waals surface area contributed by atoms with E-state index >= 15 is 0 Å². The second-order valence-corrected chi connectivity index (χ2v) is 5.36. The molecule has 1 heterocycles. The Balaban J connectivity index is 2.08. The molecule has 3 rings (SSSR count). The van der Waals surface area contributed by atoms with E-state index in [2.05, 4.69) is 8.75 Å². The van der Waals surface area contributed by atoms with E-state index in [4.69, 9.17) is 0 Å². The Labute approximate surface area is 116 Å².